The van der Waals surface area contributed by atoms with Crippen LogP contribution in [0.25, 0.3) is 0 Å². The van der Waals surface area contributed by atoms with E-state index in [4.69, 9.17) is 5.73 Å². The molecule has 0 aromatic carbocycles. The molecule has 1 rings (SSSR count). The molecule has 0 bridgehead atoms. The first-order valence-corrected chi connectivity index (χ1v) is 4.31. The number of methoxy groups -OCH3 is 1. The highest BCUT2D eigenvalue weighted by molar-refractivity contribution is 5.87. The second-order valence-electron chi connectivity index (χ2n) is 2.84. The van der Waals surface area contributed by atoms with Crippen LogP contribution in [0.2, 0.25) is 0 Å². The van der Waals surface area contributed by atoms with Gasteiger partial charge >= 0.3 is 5.97 Å². The number of nitrogens with two attached hydrogens (primary N) is 1. The average Bonchev–Trinajstić information content (AvgIpc) is 2.72. The van der Waals surface area contributed by atoms with Crippen LogP contribution >= 0.6 is 0 Å². The van der Waals surface area contributed by atoms with Gasteiger partial charge in [0.15, 0.2) is 0 Å². The fraction of sp³-hybridized carbons (Fsp3) is 0.333. The van der Waals surface area contributed by atoms with Crippen molar-refractivity contribution in [1.29, 1.82) is 0 Å². The predicted molar refractivity (Wildman–Crippen MR) is 51.8 cm³/mol. The summed E-state index contributed by atoms with van der Waals surface area (Å²) in [6, 6.07) is 1.50. The van der Waals surface area contributed by atoms with Crippen LogP contribution in [0.15, 0.2) is 24.2 Å². The minimum absolute atomic E-state index is 0.0803. The minimum atomic E-state index is -0.511. The van der Waals surface area contributed by atoms with Crippen molar-refractivity contribution in [3.8, 4) is 0 Å². The van der Waals surface area contributed by atoms with E-state index in [1.165, 1.54) is 24.1 Å². The van der Waals surface area contributed by atoms with Gasteiger partial charge in [0.05, 0.1) is 20.0 Å². The third-order valence-electron chi connectivity index (χ3n) is 1.88. The molecular weight excluding hydrogens is 201 g/mol. The molecule has 5 nitrogen and oxygen atoms in total. The van der Waals surface area contributed by atoms with Crippen LogP contribution in [-0.2, 0) is 11.3 Å². The van der Waals surface area contributed by atoms with Crippen LogP contribution in [0.5, 0.6) is 0 Å². The Bertz CT molecular complexity index is 373. The molecule has 2 N–H and O–H groups in total. The molecule has 0 atom stereocenters. The highest BCUT2D eigenvalue weighted by Crippen LogP contribution is 2.05. The SMILES string of the molecule is COC(=O)c1ccnn1C/C(=C/F)CN. The van der Waals surface area contributed by atoms with Gasteiger partial charge in [-0.3, -0.25) is 4.68 Å². The number of halogens is 1. The fourth-order valence-corrected chi connectivity index (χ4v) is 1.07. The van der Waals surface area contributed by atoms with Crippen molar-refractivity contribution in [2.75, 3.05) is 13.7 Å². The van der Waals surface area contributed by atoms with Crippen molar-refractivity contribution in [2.24, 2.45) is 5.73 Å². The van der Waals surface area contributed by atoms with Gasteiger partial charge in [-0.25, -0.2) is 9.18 Å². The molecule has 6 heteroatoms. The van der Waals surface area contributed by atoms with E-state index >= 15 is 0 Å². The largest absolute Gasteiger partial charge is 0.464 e. The normalized spacial score (nSPS) is 11.5. The Morgan fingerprint density at radius 1 is 1.80 bits per heavy atom. The smallest absolute Gasteiger partial charge is 0.356 e. The number of hydrogen-bond acceptors (Lipinski definition) is 4. The van der Waals surface area contributed by atoms with Crippen molar-refractivity contribution >= 4 is 5.97 Å². The maximum atomic E-state index is 12.3. The number of aromatic nitrogens is 2. The van der Waals surface area contributed by atoms with Gasteiger partial charge in [0.2, 0.25) is 0 Å². The summed E-state index contributed by atoms with van der Waals surface area (Å²) in [4.78, 5) is 11.2. The van der Waals surface area contributed by atoms with E-state index in [9.17, 15) is 9.18 Å². The van der Waals surface area contributed by atoms with Crippen LogP contribution in [0.3, 0.4) is 0 Å². The van der Waals surface area contributed by atoms with Crippen LogP contribution in [-0.4, -0.2) is 29.4 Å². The molecule has 0 spiro atoms. The summed E-state index contributed by atoms with van der Waals surface area (Å²) in [5.74, 6) is -0.511. The number of carbonyl (C=O) groups excluding carboxylic acids is 1. The third kappa shape index (κ3) is 2.63. The molecule has 1 aromatic heterocycles. The van der Waals surface area contributed by atoms with E-state index < -0.39 is 5.97 Å². The van der Waals surface area contributed by atoms with E-state index in [0.717, 1.165) is 0 Å². The number of nitrogens with zero attached hydrogens (tertiary/aromatic N) is 2. The zero-order valence-corrected chi connectivity index (χ0v) is 8.31. The number of ether oxygens (including phenoxy) is 1. The first kappa shape index (κ1) is 11.4. The Labute approximate surface area is 86.3 Å². The minimum Gasteiger partial charge on any atom is -0.464 e. The summed E-state index contributed by atoms with van der Waals surface area (Å²) in [6.07, 6.45) is 1.86. The molecule has 0 amide bonds. The van der Waals surface area contributed by atoms with Crippen LogP contribution in [0.4, 0.5) is 4.39 Å². The van der Waals surface area contributed by atoms with Gasteiger partial charge < -0.3 is 10.5 Å². The number of rotatable bonds is 4. The van der Waals surface area contributed by atoms with Crippen molar-refractivity contribution in [2.45, 2.75) is 6.54 Å². The molecule has 0 saturated heterocycles. The van der Waals surface area contributed by atoms with Crippen molar-refractivity contribution in [1.82, 2.24) is 9.78 Å². The van der Waals surface area contributed by atoms with Gasteiger partial charge in [0.25, 0.3) is 0 Å². The molecule has 15 heavy (non-hydrogen) atoms. The quantitative estimate of drug-likeness (QED) is 0.738. The number of esters is 1. The van der Waals surface area contributed by atoms with Gasteiger partial charge in [-0.1, -0.05) is 0 Å². The van der Waals surface area contributed by atoms with Gasteiger partial charge in [0.1, 0.15) is 5.69 Å². The molecular formula is C9H12FN3O2. The monoisotopic (exact) mass is 213 g/mol. The summed E-state index contributed by atoms with van der Waals surface area (Å²) in [6.45, 7) is 0.224. The first-order valence-electron chi connectivity index (χ1n) is 4.31. The summed E-state index contributed by atoms with van der Waals surface area (Å²) >= 11 is 0. The fourth-order valence-electron chi connectivity index (χ4n) is 1.07. The van der Waals surface area contributed by atoms with E-state index in [0.29, 0.717) is 11.9 Å². The Morgan fingerprint density at radius 3 is 3.07 bits per heavy atom. The Morgan fingerprint density at radius 2 is 2.53 bits per heavy atom. The van der Waals surface area contributed by atoms with Gasteiger partial charge in [0, 0.05) is 12.7 Å². The Balaban J connectivity index is 2.86. The van der Waals surface area contributed by atoms with E-state index in [2.05, 4.69) is 9.84 Å². The van der Waals surface area contributed by atoms with Crippen molar-refractivity contribution < 1.29 is 13.9 Å². The topological polar surface area (TPSA) is 70.1 Å². The number of carbonyl (C=O) groups is 1. The molecule has 0 unspecified atom stereocenters. The second kappa shape index (κ2) is 5.26. The number of hydrogen-bond donors (Lipinski definition) is 1. The van der Waals surface area contributed by atoms with Crippen molar-refractivity contribution in [3.05, 3.63) is 29.9 Å². The predicted octanol–water partition coefficient (Wildman–Crippen LogP) is 0.482. The Kier molecular flexibility index (Phi) is 3.99. The van der Waals surface area contributed by atoms with Crippen LogP contribution in [0, 0.1) is 0 Å². The van der Waals surface area contributed by atoms with Crippen molar-refractivity contribution in [3.63, 3.8) is 0 Å². The zero-order chi connectivity index (χ0) is 11.3. The molecule has 0 radical (unpaired) electrons. The van der Waals surface area contributed by atoms with E-state index in [1.807, 2.05) is 0 Å². The van der Waals surface area contributed by atoms with Crippen LogP contribution < -0.4 is 5.73 Å². The first-order chi connectivity index (χ1) is 7.22. The Hall–Kier alpha value is -1.69. The molecule has 0 aliphatic rings. The van der Waals surface area contributed by atoms with E-state index in [1.54, 1.807) is 0 Å². The van der Waals surface area contributed by atoms with Crippen LogP contribution in [0.1, 0.15) is 10.5 Å². The lowest BCUT2D eigenvalue weighted by Crippen LogP contribution is -2.16. The summed E-state index contributed by atoms with van der Waals surface area (Å²) in [7, 11) is 1.27. The molecule has 1 heterocycles. The third-order valence-corrected chi connectivity index (χ3v) is 1.88. The van der Waals surface area contributed by atoms with Gasteiger partial charge in [-0.05, 0) is 11.6 Å². The van der Waals surface area contributed by atoms with Gasteiger partial charge in [-0.2, -0.15) is 5.10 Å². The summed E-state index contributed by atoms with van der Waals surface area (Å²) in [5.41, 5.74) is 5.91. The highest BCUT2D eigenvalue weighted by atomic mass is 19.1. The van der Waals surface area contributed by atoms with E-state index in [-0.39, 0.29) is 18.8 Å². The average molecular weight is 213 g/mol. The lowest BCUT2D eigenvalue weighted by molar-refractivity contribution is 0.0587. The molecule has 0 aliphatic heterocycles. The maximum Gasteiger partial charge on any atom is 0.356 e. The standard InChI is InChI=1S/C9H12FN3O2/c1-15-9(14)8-2-3-12-13(8)6-7(4-10)5-11/h2-4H,5-6,11H2,1H3/b7-4+. The zero-order valence-electron chi connectivity index (χ0n) is 8.31. The lowest BCUT2D eigenvalue weighted by Gasteiger charge is -2.06. The second-order valence-corrected chi connectivity index (χ2v) is 2.84. The highest BCUT2D eigenvalue weighted by Gasteiger charge is 2.12. The summed E-state index contributed by atoms with van der Waals surface area (Å²) < 4.78 is 18.1. The molecule has 0 saturated carbocycles. The molecule has 1 aromatic rings. The molecule has 0 aliphatic carbocycles. The molecule has 82 valence electrons. The lowest BCUT2D eigenvalue weighted by atomic mass is 10.3. The molecule has 0 fully saturated rings. The maximum absolute atomic E-state index is 12.3. The summed E-state index contributed by atoms with van der Waals surface area (Å²) in [5, 5.41) is 3.87. The van der Waals surface area contributed by atoms with Gasteiger partial charge in [-0.15, -0.1) is 0 Å².